The molecular weight excluding hydrogens is 254 g/mol. The summed E-state index contributed by atoms with van der Waals surface area (Å²) < 4.78 is 12.4. The molecule has 108 valence electrons. The number of nitrogens with zero attached hydrogens (tertiary/aromatic N) is 2. The summed E-state index contributed by atoms with van der Waals surface area (Å²) in [6, 6.07) is 7.90. The maximum atomic E-state index is 5.26. The number of aromatic nitrogens is 2. The minimum atomic E-state index is 0.743. The van der Waals surface area contributed by atoms with Gasteiger partial charge in [0.05, 0.1) is 19.9 Å². The van der Waals surface area contributed by atoms with Crippen molar-refractivity contribution in [2.45, 2.75) is 26.6 Å². The Morgan fingerprint density at radius 1 is 1.10 bits per heavy atom. The number of rotatable bonds is 7. The van der Waals surface area contributed by atoms with Gasteiger partial charge in [-0.1, -0.05) is 0 Å². The van der Waals surface area contributed by atoms with E-state index in [4.69, 9.17) is 9.47 Å². The van der Waals surface area contributed by atoms with E-state index in [1.165, 1.54) is 0 Å². The SMILES string of the molecule is CCn1ccc(CNCc2cc(OC)cc(OC)c2)n1. The molecule has 1 aromatic heterocycles. The first-order chi connectivity index (χ1) is 9.75. The molecule has 1 aromatic carbocycles. The second kappa shape index (κ2) is 6.96. The van der Waals surface area contributed by atoms with Crippen LogP contribution in [-0.4, -0.2) is 24.0 Å². The number of benzene rings is 1. The normalized spacial score (nSPS) is 10.6. The zero-order valence-electron chi connectivity index (χ0n) is 12.2. The molecule has 5 nitrogen and oxygen atoms in total. The Bertz CT molecular complexity index is 530. The van der Waals surface area contributed by atoms with Gasteiger partial charge in [-0.05, 0) is 30.7 Å². The zero-order chi connectivity index (χ0) is 14.4. The van der Waals surface area contributed by atoms with E-state index in [2.05, 4.69) is 17.3 Å². The van der Waals surface area contributed by atoms with Gasteiger partial charge in [-0.15, -0.1) is 0 Å². The van der Waals surface area contributed by atoms with Crippen molar-refractivity contribution in [2.24, 2.45) is 0 Å². The van der Waals surface area contributed by atoms with Gasteiger partial charge in [0.15, 0.2) is 0 Å². The summed E-state index contributed by atoms with van der Waals surface area (Å²) in [6.07, 6.45) is 1.99. The van der Waals surface area contributed by atoms with Gasteiger partial charge < -0.3 is 14.8 Å². The zero-order valence-corrected chi connectivity index (χ0v) is 12.2. The summed E-state index contributed by atoms with van der Waals surface area (Å²) >= 11 is 0. The average molecular weight is 275 g/mol. The number of hydrogen-bond acceptors (Lipinski definition) is 4. The van der Waals surface area contributed by atoms with Gasteiger partial charge in [-0.3, -0.25) is 4.68 Å². The molecule has 0 atom stereocenters. The molecule has 0 aliphatic heterocycles. The Kier molecular flexibility index (Phi) is 5.01. The first kappa shape index (κ1) is 14.4. The molecule has 0 saturated heterocycles. The van der Waals surface area contributed by atoms with Gasteiger partial charge in [0.1, 0.15) is 11.5 Å². The monoisotopic (exact) mass is 275 g/mol. The number of nitrogens with one attached hydrogen (secondary N) is 1. The van der Waals surface area contributed by atoms with Crippen LogP contribution >= 0.6 is 0 Å². The fourth-order valence-electron chi connectivity index (χ4n) is 1.98. The molecule has 2 aromatic rings. The van der Waals surface area contributed by atoms with E-state index in [1.54, 1.807) is 14.2 Å². The third-order valence-electron chi connectivity index (χ3n) is 3.07. The van der Waals surface area contributed by atoms with Gasteiger partial charge in [0, 0.05) is 31.9 Å². The Labute approximate surface area is 119 Å². The van der Waals surface area contributed by atoms with Gasteiger partial charge in [0.25, 0.3) is 0 Å². The minimum absolute atomic E-state index is 0.743. The van der Waals surface area contributed by atoms with Crippen molar-refractivity contribution >= 4 is 0 Å². The highest BCUT2D eigenvalue weighted by molar-refractivity contribution is 5.38. The van der Waals surface area contributed by atoms with Crippen LogP contribution in [0, 0.1) is 0 Å². The molecule has 0 aliphatic rings. The Morgan fingerprint density at radius 3 is 2.35 bits per heavy atom. The van der Waals surface area contributed by atoms with Crippen LogP contribution in [0.3, 0.4) is 0 Å². The van der Waals surface area contributed by atoms with Crippen molar-refractivity contribution in [2.75, 3.05) is 14.2 Å². The summed E-state index contributed by atoms with van der Waals surface area (Å²) in [5.74, 6) is 1.60. The van der Waals surface area contributed by atoms with E-state index in [1.807, 2.05) is 35.1 Å². The van der Waals surface area contributed by atoms with Crippen LogP contribution < -0.4 is 14.8 Å². The molecule has 0 amide bonds. The standard InChI is InChI=1S/C15H21N3O2/c1-4-18-6-5-13(17-18)11-16-10-12-7-14(19-2)9-15(8-12)20-3/h5-9,16H,4,10-11H2,1-3H3. The number of ether oxygens (including phenoxy) is 2. The van der Waals surface area contributed by atoms with E-state index >= 15 is 0 Å². The molecule has 0 bridgehead atoms. The maximum Gasteiger partial charge on any atom is 0.122 e. The first-order valence-electron chi connectivity index (χ1n) is 6.70. The van der Waals surface area contributed by atoms with Crippen LogP contribution in [0.1, 0.15) is 18.2 Å². The van der Waals surface area contributed by atoms with Crippen LogP contribution in [0.15, 0.2) is 30.5 Å². The Balaban J connectivity index is 1.93. The molecule has 0 aliphatic carbocycles. The number of hydrogen-bond donors (Lipinski definition) is 1. The Morgan fingerprint density at radius 2 is 1.80 bits per heavy atom. The van der Waals surface area contributed by atoms with Crippen LogP contribution in [0.4, 0.5) is 0 Å². The summed E-state index contributed by atoms with van der Waals surface area (Å²) in [7, 11) is 3.31. The van der Waals surface area contributed by atoms with Crippen molar-refractivity contribution in [3.05, 3.63) is 41.7 Å². The predicted molar refractivity (Wildman–Crippen MR) is 78.0 cm³/mol. The van der Waals surface area contributed by atoms with Gasteiger partial charge in [0.2, 0.25) is 0 Å². The van der Waals surface area contributed by atoms with Crippen molar-refractivity contribution < 1.29 is 9.47 Å². The second-order valence-corrected chi connectivity index (χ2v) is 4.49. The molecule has 20 heavy (non-hydrogen) atoms. The molecule has 2 rings (SSSR count). The van der Waals surface area contributed by atoms with Crippen molar-refractivity contribution in [3.63, 3.8) is 0 Å². The van der Waals surface area contributed by atoms with E-state index in [-0.39, 0.29) is 0 Å². The summed E-state index contributed by atoms with van der Waals surface area (Å²) in [5, 5.41) is 7.80. The fraction of sp³-hybridized carbons (Fsp3) is 0.400. The van der Waals surface area contributed by atoms with Crippen LogP contribution in [0.25, 0.3) is 0 Å². The van der Waals surface area contributed by atoms with Crippen LogP contribution in [0.2, 0.25) is 0 Å². The lowest BCUT2D eigenvalue weighted by atomic mass is 10.2. The quantitative estimate of drug-likeness (QED) is 0.841. The van der Waals surface area contributed by atoms with Crippen LogP contribution in [-0.2, 0) is 19.6 Å². The lowest BCUT2D eigenvalue weighted by Gasteiger charge is -2.09. The maximum absolute atomic E-state index is 5.26. The molecule has 0 saturated carbocycles. The summed E-state index contributed by atoms with van der Waals surface area (Å²) in [4.78, 5) is 0. The first-order valence-corrected chi connectivity index (χ1v) is 6.70. The van der Waals surface area contributed by atoms with E-state index in [0.29, 0.717) is 0 Å². The molecule has 0 unspecified atom stereocenters. The highest BCUT2D eigenvalue weighted by Crippen LogP contribution is 2.22. The van der Waals surface area contributed by atoms with Crippen LogP contribution in [0.5, 0.6) is 11.5 Å². The molecule has 1 N–H and O–H groups in total. The van der Waals surface area contributed by atoms with Gasteiger partial charge in [-0.25, -0.2) is 0 Å². The smallest absolute Gasteiger partial charge is 0.122 e. The van der Waals surface area contributed by atoms with E-state index < -0.39 is 0 Å². The van der Waals surface area contributed by atoms with Crippen molar-refractivity contribution in [3.8, 4) is 11.5 Å². The average Bonchev–Trinajstić information content (AvgIpc) is 2.94. The third kappa shape index (κ3) is 3.74. The highest BCUT2D eigenvalue weighted by atomic mass is 16.5. The highest BCUT2D eigenvalue weighted by Gasteiger charge is 2.03. The topological polar surface area (TPSA) is 48.3 Å². The van der Waals surface area contributed by atoms with Gasteiger partial charge in [-0.2, -0.15) is 5.10 Å². The molecular formula is C15H21N3O2. The van der Waals surface area contributed by atoms with E-state index in [0.717, 1.165) is 42.4 Å². The molecule has 5 heteroatoms. The third-order valence-corrected chi connectivity index (χ3v) is 3.07. The predicted octanol–water partition coefficient (Wildman–Crippen LogP) is 2.21. The summed E-state index contributed by atoms with van der Waals surface area (Å²) in [5.41, 5.74) is 2.16. The summed E-state index contributed by atoms with van der Waals surface area (Å²) in [6.45, 7) is 4.46. The minimum Gasteiger partial charge on any atom is -0.497 e. The fourth-order valence-corrected chi connectivity index (χ4v) is 1.98. The molecule has 1 heterocycles. The number of aryl methyl sites for hydroxylation is 1. The van der Waals surface area contributed by atoms with E-state index in [9.17, 15) is 0 Å². The van der Waals surface area contributed by atoms with Gasteiger partial charge >= 0.3 is 0 Å². The second-order valence-electron chi connectivity index (χ2n) is 4.49. The molecule has 0 fully saturated rings. The number of methoxy groups -OCH3 is 2. The van der Waals surface area contributed by atoms with Crippen molar-refractivity contribution in [1.29, 1.82) is 0 Å². The van der Waals surface area contributed by atoms with Crippen molar-refractivity contribution in [1.82, 2.24) is 15.1 Å². The lowest BCUT2D eigenvalue weighted by Crippen LogP contribution is -2.13. The largest absolute Gasteiger partial charge is 0.497 e. The lowest BCUT2D eigenvalue weighted by molar-refractivity contribution is 0.393. The Hall–Kier alpha value is -2.01. The molecule has 0 radical (unpaired) electrons. The molecule has 0 spiro atoms.